The van der Waals surface area contributed by atoms with Crippen molar-refractivity contribution in [3.8, 4) is 11.3 Å². The van der Waals surface area contributed by atoms with Crippen LogP contribution in [0, 0.1) is 12.7 Å². The van der Waals surface area contributed by atoms with Crippen molar-refractivity contribution >= 4 is 10.9 Å². The van der Waals surface area contributed by atoms with Crippen molar-refractivity contribution in [1.82, 2.24) is 19.5 Å². The summed E-state index contributed by atoms with van der Waals surface area (Å²) in [5.74, 6) is 1.33. The Bertz CT molecular complexity index is 1070. The van der Waals surface area contributed by atoms with Crippen molar-refractivity contribution in [3.05, 3.63) is 77.9 Å². The molecule has 0 unspecified atom stereocenters. The third kappa shape index (κ3) is 3.08. The number of fused-ring (bicyclic) bond motifs is 1. The van der Waals surface area contributed by atoms with Crippen LogP contribution in [0.2, 0.25) is 0 Å². The van der Waals surface area contributed by atoms with Crippen molar-refractivity contribution in [3.63, 3.8) is 0 Å². The lowest BCUT2D eigenvalue weighted by Crippen LogP contribution is -2.04. The van der Waals surface area contributed by atoms with E-state index in [0.717, 1.165) is 22.8 Å². The molecular weight excluding hydrogens is 327 g/mol. The number of rotatable bonds is 4. The van der Waals surface area contributed by atoms with Gasteiger partial charge in [0, 0.05) is 25.2 Å². The third-order valence-corrected chi connectivity index (χ3v) is 4.49. The summed E-state index contributed by atoms with van der Waals surface area (Å²) in [6, 6.07) is 15.0. The Morgan fingerprint density at radius 2 is 1.73 bits per heavy atom. The first-order valence-corrected chi connectivity index (χ1v) is 8.61. The maximum absolute atomic E-state index is 14.3. The summed E-state index contributed by atoms with van der Waals surface area (Å²) in [5, 5.41) is 0.510. The second-order valence-corrected chi connectivity index (χ2v) is 6.37. The second-order valence-electron chi connectivity index (χ2n) is 6.37. The van der Waals surface area contributed by atoms with Crippen LogP contribution in [0.25, 0.3) is 22.2 Å². The summed E-state index contributed by atoms with van der Waals surface area (Å²) in [6.07, 6.45) is 3.32. The highest BCUT2D eigenvalue weighted by Gasteiger charge is 2.13. The highest BCUT2D eigenvalue weighted by molar-refractivity contribution is 5.81. The van der Waals surface area contributed by atoms with E-state index in [1.807, 2.05) is 61.1 Å². The smallest absolute Gasteiger partial charge is 0.134 e. The van der Waals surface area contributed by atoms with Gasteiger partial charge in [-0.15, -0.1) is 0 Å². The molecule has 0 bridgehead atoms. The molecule has 0 aliphatic heterocycles. The first-order valence-electron chi connectivity index (χ1n) is 8.61. The molecule has 4 nitrogen and oxygen atoms in total. The zero-order valence-corrected chi connectivity index (χ0v) is 14.8. The number of nitrogens with zero attached hydrogens (tertiary/aromatic N) is 4. The summed E-state index contributed by atoms with van der Waals surface area (Å²) in [6.45, 7) is 1.84. The molecule has 4 aromatic rings. The lowest BCUT2D eigenvalue weighted by molar-refractivity contribution is 0.636. The Morgan fingerprint density at radius 3 is 2.54 bits per heavy atom. The Kier molecular flexibility index (Phi) is 4.21. The summed E-state index contributed by atoms with van der Waals surface area (Å²) < 4.78 is 16.3. The van der Waals surface area contributed by atoms with E-state index in [1.165, 1.54) is 6.07 Å². The molecule has 4 rings (SSSR count). The average molecular weight is 346 g/mol. The van der Waals surface area contributed by atoms with E-state index in [2.05, 4.69) is 9.97 Å². The molecule has 2 aromatic carbocycles. The predicted octanol–water partition coefficient (Wildman–Crippen LogP) is 4.26. The quantitative estimate of drug-likeness (QED) is 0.554. The minimum atomic E-state index is -0.276. The number of aromatic nitrogens is 4. The molecule has 0 atom stereocenters. The lowest BCUT2D eigenvalue weighted by atomic mass is 10.1. The van der Waals surface area contributed by atoms with Crippen LogP contribution in [0.4, 0.5) is 4.39 Å². The molecule has 0 saturated carbocycles. The normalized spacial score (nSPS) is 11.2. The van der Waals surface area contributed by atoms with Gasteiger partial charge in [0.2, 0.25) is 0 Å². The molecule has 0 amide bonds. The summed E-state index contributed by atoms with van der Waals surface area (Å²) >= 11 is 0. The van der Waals surface area contributed by atoms with Crippen LogP contribution < -0.4 is 0 Å². The van der Waals surface area contributed by atoms with Crippen LogP contribution in [-0.4, -0.2) is 19.5 Å². The minimum absolute atomic E-state index is 0.276. The molecule has 0 spiro atoms. The fourth-order valence-electron chi connectivity index (χ4n) is 3.24. The van der Waals surface area contributed by atoms with Gasteiger partial charge in [0.25, 0.3) is 0 Å². The van der Waals surface area contributed by atoms with E-state index in [4.69, 9.17) is 4.98 Å². The highest BCUT2D eigenvalue weighted by Crippen LogP contribution is 2.22. The third-order valence-electron chi connectivity index (χ3n) is 4.49. The lowest BCUT2D eigenvalue weighted by Gasteiger charge is -2.08. The van der Waals surface area contributed by atoms with E-state index in [-0.39, 0.29) is 5.82 Å². The Hall–Kier alpha value is -3.08. The van der Waals surface area contributed by atoms with Crippen LogP contribution in [-0.2, 0) is 19.9 Å². The van der Waals surface area contributed by atoms with Gasteiger partial charge >= 0.3 is 0 Å². The molecule has 0 N–H and O–H groups in total. The molecule has 0 radical (unpaired) electrons. The van der Waals surface area contributed by atoms with Gasteiger partial charge in [-0.3, -0.25) is 0 Å². The second kappa shape index (κ2) is 6.67. The number of aryl methyl sites for hydroxylation is 4. The zero-order valence-electron chi connectivity index (χ0n) is 14.8. The topological polar surface area (TPSA) is 43.6 Å². The number of benzene rings is 2. The molecule has 2 heterocycles. The van der Waals surface area contributed by atoms with Crippen LogP contribution in [0.3, 0.4) is 0 Å². The van der Waals surface area contributed by atoms with Crippen LogP contribution in [0.1, 0.15) is 17.3 Å². The molecule has 0 fully saturated rings. The largest absolute Gasteiger partial charge is 0.337 e. The maximum Gasteiger partial charge on any atom is 0.134 e. The summed E-state index contributed by atoms with van der Waals surface area (Å²) in [5.41, 5.74) is 3.41. The molecule has 0 saturated heterocycles. The van der Waals surface area contributed by atoms with E-state index in [1.54, 1.807) is 6.07 Å². The molecule has 130 valence electrons. The highest BCUT2D eigenvalue weighted by atomic mass is 19.1. The van der Waals surface area contributed by atoms with Gasteiger partial charge in [0.05, 0.1) is 22.3 Å². The monoisotopic (exact) mass is 346 g/mol. The number of hydrogen-bond donors (Lipinski definition) is 0. The average Bonchev–Trinajstić information content (AvgIpc) is 3.01. The predicted molar refractivity (Wildman–Crippen MR) is 100 cm³/mol. The number of imidazole rings is 1. The van der Waals surface area contributed by atoms with Crippen molar-refractivity contribution in [2.75, 3.05) is 0 Å². The number of halogens is 1. The van der Waals surface area contributed by atoms with Gasteiger partial charge < -0.3 is 4.57 Å². The molecule has 0 aliphatic rings. The SMILES string of the molecule is Cc1nc(CCc2nc(-c3ccccc3)cn2C)c2c(F)cccc2n1. The molecule has 26 heavy (non-hydrogen) atoms. The Morgan fingerprint density at radius 1 is 0.923 bits per heavy atom. The van der Waals surface area contributed by atoms with E-state index in [0.29, 0.717) is 29.6 Å². The zero-order chi connectivity index (χ0) is 18.1. The molecular formula is C21H19FN4. The number of hydrogen-bond acceptors (Lipinski definition) is 3. The maximum atomic E-state index is 14.3. The first kappa shape index (κ1) is 16.4. The molecule has 0 aliphatic carbocycles. The van der Waals surface area contributed by atoms with Crippen LogP contribution in [0.5, 0.6) is 0 Å². The molecule has 5 heteroatoms. The van der Waals surface area contributed by atoms with Gasteiger partial charge in [-0.05, 0) is 25.5 Å². The van der Waals surface area contributed by atoms with Crippen molar-refractivity contribution < 1.29 is 4.39 Å². The van der Waals surface area contributed by atoms with Gasteiger partial charge in [-0.2, -0.15) is 0 Å². The van der Waals surface area contributed by atoms with E-state index in [9.17, 15) is 4.39 Å². The summed E-state index contributed by atoms with van der Waals surface area (Å²) in [7, 11) is 1.98. The first-order chi connectivity index (χ1) is 12.6. The molecule has 2 aromatic heterocycles. The van der Waals surface area contributed by atoms with Crippen molar-refractivity contribution in [2.24, 2.45) is 7.05 Å². The Balaban J connectivity index is 1.64. The summed E-state index contributed by atoms with van der Waals surface area (Å²) in [4.78, 5) is 13.6. The standard InChI is InChI=1S/C21H19FN4/c1-14-23-17-10-6-9-16(22)21(17)18(24-14)11-12-20-25-19(13-26(20)2)15-7-4-3-5-8-15/h3-10,13H,11-12H2,1-2H3. The van der Waals surface area contributed by atoms with Gasteiger partial charge in [0.15, 0.2) is 0 Å². The van der Waals surface area contributed by atoms with Crippen molar-refractivity contribution in [2.45, 2.75) is 19.8 Å². The van der Waals surface area contributed by atoms with E-state index >= 15 is 0 Å². The minimum Gasteiger partial charge on any atom is -0.337 e. The van der Waals surface area contributed by atoms with Crippen LogP contribution >= 0.6 is 0 Å². The fraction of sp³-hybridized carbons (Fsp3) is 0.190. The fourth-order valence-corrected chi connectivity index (χ4v) is 3.24. The van der Waals surface area contributed by atoms with Gasteiger partial charge in [0.1, 0.15) is 17.5 Å². The van der Waals surface area contributed by atoms with Crippen molar-refractivity contribution in [1.29, 1.82) is 0 Å². The van der Waals surface area contributed by atoms with E-state index < -0.39 is 0 Å². The van der Waals surface area contributed by atoms with Crippen LogP contribution in [0.15, 0.2) is 54.7 Å². The van der Waals surface area contributed by atoms with Gasteiger partial charge in [-0.25, -0.2) is 19.3 Å². The van der Waals surface area contributed by atoms with Gasteiger partial charge in [-0.1, -0.05) is 36.4 Å². The Labute approximate surface area is 151 Å².